The third-order valence-corrected chi connectivity index (χ3v) is 2.78. The van der Waals surface area contributed by atoms with Crippen LogP contribution in [0.1, 0.15) is 10.4 Å². The molecule has 0 aromatic heterocycles. The topological polar surface area (TPSA) is 78.3 Å². The Balaban J connectivity index is 2.32. The van der Waals surface area contributed by atoms with E-state index >= 15 is 0 Å². The minimum Gasteiger partial charge on any atom is -0.455 e. The highest BCUT2D eigenvalue weighted by Gasteiger charge is 2.11. The number of anilines is 1. The predicted octanol–water partition coefficient (Wildman–Crippen LogP) is 2.95. The van der Waals surface area contributed by atoms with Crippen molar-refractivity contribution in [2.75, 3.05) is 5.73 Å². The van der Waals surface area contributed by atoms with Crippen molar-refractivity contribution in [3.05, 3.63) is 52.8 Å². The van der Waals surface area contributed by atoms with Crippen LogP contribution in [0.2, 0.25) is 5.02 Å². The molecule has 0 heterocycles. The molecule has 0 spiro atoms. The van der Waals surface area contributed by atoms with Gasteiger partial charge in [0.05, 0.1) is 16.3 Å². The van der Waals surface area contributed by atoms with Crippen LogP contribution in [-0.4, -0.2) is 5.91 Å². The minimum atomic E-state index is -0.841. The van der Waals surface area contributed by atoms with Gasteiger partial charge in [-0.05, 0) is 24.3 Å². The van der Waals surface area contributed by atoms with Gasteiger partial charge in [0, 0.05) is 6.07 Å². The van der Waals surface area contributed by atoms with Crippen LogP contribution >= 0.6 is 11.6 Å². The maximum absolute atomic E-state index is 13.5. The molecule has 0 aliphatic carbocycles. The van der Waals surface area contributed by atoms with E-state index in [4.69, 9.17) is 27.8 Å². The van der Waals surface area contributed by atoms with Crippen molar-refractivity contribution >= 4 is 23.2 Å². The van der Waals surface area contributed by atoms with Crippen molar-refractivity contribution in [2.45, 2.75) is 0 Å². The monoisotopic (exact) mass is 280 g/mol. The largest absolute Gasteiger partial charge is 0.455 e. The lowest BCUT2D eigenvalue weighted by molar-refractivity contribution is 0.0996. The van der Waals surface area contributed by atoms with E-state index in [0.717, 1.165) is 6.07 Å². The summed E-state index contributed by atoms with van der Waals surface area (Å²) in [5, 5.41) is 0.340. The average Bonchev–Trinajstić information content (AvgIpc) is 2.34. The third kappa shape index (κ3) is 2.77. The molecule has 0 aliphatic rings. The van der Waals surface area contributed by atoms with Crippen molar-refractivity contribution in [1.82, 2.24) is 0 Å². The fourth-order valence-corrected chi connectivity index (χ4v) is 1.66. The summed E-state index contributed by atoms with van der Waals surface area (Å²) in [7, 11) is 0. The Labute approximate surface area is 113 Å². The first-order valence-electron chi connectivity index (χ1n) is 5.30. The van der Waals surface area contributed by atoms with Gasteiger partial charge in [-0.1, -0.05) is 17.7 Å². The van der Waals surface area contributed by atoms with Gasteiger partial charge in [-0.3, -0.25) is 4.79 Å². The van der Waals surface area contributed by atoms with Crippen LogP contribution in [0.3, 0.4) is 0 Å². The van der Waals surface area contributed by atoms with Crippen molar-refractivity contribution in [2.24, 2.45) is 5.73 Å². The van der Waals surface area contributed by atoms with E-state index in [-0.39, 0.29) is 17.0 Å². The number of halogens is 2. The normalized spacial score (nSPS) is 10.2. The highest BCUT2D eigenvalue weighted by Crippen LogP contribution is 2.32. The molecular formula is C13H10ClFN2O2. The zero-order valence-corrected chi connectivity index (χ0v) is 10.4. The van der Waals surface area contributed by atoms with Crippen LogP contribution in [0.4, 0.5) is 10.1 Å². The Morgan fingerprint density at radius 1 is 1.26 bits per heavy atom. The summed E-state index contributed by atoms with van der Waals surface area (Å²) in [4.78, 5) is 10.9. The number of rotatable bonds is 3. The van der Waals surface area contributed by atoms with Crippen LogP contribution in [0.25, 0.3) is 0 Å². The van der Waals surface area contributed by atoms with Crippen LogP contribution in [0, 0.1) is 5.82 Å². The first-order valence-corrected chi connectivity index (χ1v) is 5.68. The molecule has 0 aliphatic heterocycles. The van der Waals surface area contributed by atoms with E-state index in [2.05, 4.69) is 0 Å². The van der Waals surface area contributed by atoms with Gasteiger partial charge in [-0.2, -0.15) is 0 Å². The molecule has 19 heavy (non-hydrogen) atoms. The molecule has 0 bridgehead atoms. The molecule has 0 atom stereocenters. The quantitative estimate of drug-likeness (QED) is 0.849. The fraction of sp³-hybridized carbons (Fsp3) is 0. The Morgan fingerprint density at radius 3 is 2.63 bits per heavy atom. The molecule has 1 amide bonds. The maximum atomic E-state index is 13.5. The van der Waals surface area contributed by atoms with E-state index in [1.807, 2.05) is 0 Å². The number of hydrogen-bond acceptors (Lipinski definition) is 3. The maximum Gasteiger partial charge on any atom is 0.251 e. The zero-order chi connectivity index (χ0) is 14.0. The number of benzene rings is 2. The van der Waals surface area contributed by atoms with Gasteiger partial charge in [-0.15, -0.1) is 0 Å². The van der Waals surface area contributed by atoms with Crippen molar-refractivity contribution in [3.8, 4) is 11.5 Å². The van der Waals surface area contributed by atoms with E-state index < -0.39 is 11.7 Å². The number of amides is 1. The number of nitrogens with two attached hydrogens (primary N) is 2. The molecule has 0 saturated heterocycles. The Hall–Kier alpha value is -2.27. The molecule has 4 nitrogen and oxygen atoms in total. The van der Waals surface area contributed by atoms with E-state index in [0.29, 0.717) is 10.8 Å². The van der Waals surface area contributed by atoms with Gasteiger partial charge in [0.15, 0.2) is 5.75 Å². The van der Waals surface area contributed by atoms with Crippen molar-refractivity contribution < 1.29 is 13.9 Å². The highest BCUT2D eigenvalue weighted by atomic mass is 35.5. The summed E-state index contributed by atoms with van der Waals surface area (Å²) >= 11 is 5.84. The van der Waals surface area contributed by atoms with Gasteiger partial charge in [0.1, 0.15) is 11.6 Å². The standard InChI is InChI=1S/C13H10ClFN2O2/c14-9-2-1-3-11(12(9)16)19-7-4-5-8(13(17)18)10(15)6-7/h1-6H,16H2,(H2,17,18). The Morgan fingerprint density at radius 2 is 2.00 bits per heavy atom. The second-order valence-electron chi connectivity index (χ2n) is 3.76. The molecule has 4 N–H and O–H groups in total. The number of carbonyl (C=O) groups excluding carboxylic acids is 1. The summed E-state index contributed by atoms with van der Waals surface area (Å²) in [6, 6.07) is 8.58. The van der Waals surface area contributed by atoms with Crippen molar-refractivity contribution in [3.63, 3.8) is 0 Å². The lowest BCUT2D eigenvalue weighted by atomic mass is 10.2. The second-order valence-corrected chi connectivity index (χ2v) is 4.17. The molecule has 98 valence electrons. The third-order valence-electron chi connectivity index (χ3n) is 2.45. The minimum absolute atomic E-state index is 0.191. The first kappa shape index (κ1) is 13.2. The number of ether oxygens (including phenoxy) is 1. The van der Waals surface area contributed by atoms with E-state index in [9.17, 15) is 9.18 Å². The van der Waals surface area contributed by atoms with Crippen LogP contribution in [0.5, 0.6) is 11.5 Å². The smallest absolute Gasteiger partial charge is 0.251 e. The molecule has 2 aromatic rings. The predicted molar refractivity (Wildman–Crippen MR) is 70.9 cm³/mol. The molecule has 0 saturated carbocycles. The van der Waals surface area contributed by atoms with Gasteiger partial charge in [0.2, 0.25) is 0 Å². The lowest BCUT2D eigenvalue weighted by Crippen LogP contribution is -2.12. The summed E-state index contributed by atoms with van der Waals surface area (Å²) in [6.07, 6.45) is 0. The molecule has 6 heteroatoms. The lowest BCUT2D eigenvalue weighted by Gasteiger charge is -2.10. The highest BCUT2D eigenvalue weighted by molar-refractivity contribution is 6.33. The fourth-order valence-electron chi connectivity index (χ4n) is 1.49. The van der Waals surface area contributed by atoms with E-state index in [1.165, 1.54) is 12.1 Å². The number of hydrogen-bond donors (Lipinski definition) is 2. The second kappa shape index (κ2) is 5.16. The molecular weight excluding hydrogens is 271 g/mol. The van der Waals surface area contributed by atoms with Crippen LogP contribution in [-0.2, 0) is 0 Å². The van der Waals surface area contributed by atoms with E-state index in [1.54, 1.807) is 18.2 Å². The molecule has 0 radical (unpaired) electrons. The van der Waals surface area contributed by atoms with Gasteiger partial charge in [0.25, 0.3) is 5.91 Å². The van der Waals surface area contributed by atoms with Crippen LogP contribution < -0.4 is 16.2 Å². The molecule has 2 rings (SSSR count). The van der Waals surface area contributed by atoms with Gasteiger partial charge in [-0.25, -0.2) is 4.39 Å². The number of para-hydroxylation sites is 1. The number of nitrogen functional groups attached to an aromatic ring is 1. The number of primary amides is 1. The Bertz CT molecular complexity index is 647. The van der Waals surface area contributed by atoms with Crippen LogP contribution in [0.15, 0.2) is 36.4 Å². The summed E-state index contributed by atoms with van der Waals surface area (Å²) in [5.41, 5.74) is 10.8. The van der Waals surface area contributed by atoms with Gasteiger partial charge >= 0.3 is 0 Å². The van der Waals surface area contributed by atoms with Crippen molar-refractivity contribution in [1.29, 1.82) is 0 Å². The van der Waals surface area contributed by atoms with Gasteiger partial charge < -0.3 is 16.2 Å². The molecule has 0 fully saturated rings. The Kier molecular flexibility index (Phi) is 3.57. The summed E-state index contributed by atoms with van der Waals surface area (Å²) < 4.78 is 18.9. The first-order chi connectivity index (χ1) is 8.99. The number of carbonyl (C=O) groups is 1. The summed E-state index contributed by atoms with van der Waals surface area (Å²) in [5.74, 6) is -1.10. The zero-order valence-electron chi connectivity index (χ0n) is 9.69. The molecule has 2 aromatic carbocycles. The summed E-state index contributed by atoms with van der Waals surface area (Å²) in [6.45, 7) is 0. The SMILES string of the molecule is NC(=O)c1ccc(Oc2cccc(Cl)c2N)cc1F. The average molecular weight is 281 g/mol. The molecule has 0 unspecified atom stereocenters.